The van der Waals surface area contributed by atoms with Crippen molar-refractivity contribution in [1.82, 2.24) is 19.2 Å². The summed E-state index contributed by atoms with van der Waals surface area (Å²) < 4.78 is 21.9. The Labute approximate surface area is 166 Å². The van der Waals surface area contributed by atoms with Crippen LogP contribution in [0.25, 0.3) is 11.5 Å². The zero-order chi connectivity index (χ0) is 20.0. The van der Waals surface area contributed by atoms with E-state index in [4.69, 9.17) is 4.74 Å². The number of ether oxygens (including phenoxy) is 1. The number of benzene rings is 1. The minimum Gasteiger partial charge on any atom is -0.489 e. The summed E-state index contributed by atoms with van der Waals surface area (Å²) in [4.78, 5) is 17.3. The topological polar surface area (TPSA) is 61.4 Å². The summed E-state index contributed by atoms with van der Waals surface area (Å²) >= 11 is 0. The monoisotopic (exact) mass is 390 g/mol. The van der Waals surface area contributed by atoms with Crippen LogP contribution in [0.5, 0.6) is 5.75 Å². The Morgan fingerprint density at radius 1 is 1.14 bits per heavy atom. The SMILES string of the molecule is Cc1c(C2CC2)nc2ccc(-n3ccc(OCc4ccc(F)cc4)cc3=O)nn12. The van der Waals surface area contributed by atoms with Crippen LogP contribution in [0.4, 0.5) is 4.39 Å². The van der Waals surface area contributed by atoms with E-state index in [-0.39, 0.29) is 18.0 Å². The molecule has 5 rings (SSSR count). The highest BCUT2D eigenvalue weighted by Gasteiger charge is 2.29. The third-order valence-corrected chi connectivity index (χ3v) is 5.15. The summed E-state index contributed by atoms with van der Waals surface area (Å²) in [6.45, 7) is 2.27. The van der Waals surface area contributed by atoms with Crippen molar-refractivity contribution in [1.29, 1.82) is 0 Å². The number of aromatic nitrogens is 4. The molecule has 6 nitrogen and oxygen atoms in total. The first-order chi connectivity index (χ1) is 14.1. The van der Waals surface area contributed by atoms with Crippen molar-refractivity contribution in [3.8, 4) is 11.6 Å². The number of aryl methyl sites for hydroxylation is 1. The van der Waals surface area contributed by atoms with Gasteiger partial charge in [-0.25, -0.2) is 13.9 Å². The van der Waals surface area contributed by atoms with E-state index in [1.54, 1.807) is 35.0 Å². The van der Waals surface area contributed by atoms with Gasteiger partial charge in [-0.1, -0.05) is 12.1 Å². The maximum atomic E-state index is 13.0. The smallest absolute Gasteiger partial charge is 0.260 e. The molecule has 0 aliphatic heterocycles. The molecule has 1 aliphatic carbocycles. The normalized spacial score (nSPS) is 13.7. The molecule has 0 N–H and O–H groups in total. The fraction of sp³-hybridized carbons (Fsp3) is 0.227. The maximum Gasteiger partial charge on any atom is 0.260 e. The Balaban J connectivity index is 1.40. The average Bonchev–Trinajstić information content (AvgIpc) is 3.52. The molecule has 3 heterocycles. The lowest BCUT2D eigenvalue weighted by molar-refractivity contribution is 0.305. The van der Waals surface area contributed by atoms with Gasteiger partial charge in [-0.2, -0.15) is 0 Å². The Bertz CT molecular complexity index is 1260. The van der Waals surface area contributed by atoms with Gasteiger partial charge in [-0.15, -0.1) is 5.10 Å². The zero-order valence-corrected chi connectivity index (χ0v) is 15.9. The second kappa shape index (κ2) is 6.84. The molecular formula is C22H19FN4O2. The summed E-state index contributed by atoms with van der Waals surface area (Å²) in [5.41, 5.74) is 3.50. The van der Waals surface area contributed by atoms with Gasteiger partial charge in [0.2, 0.25) is 0 Å². The van der Waals surface area contributed by atoms with Gasteiger partial charge < -0.3 is 4.74 Å². The standard InChI is InChI=1S/C22H19FN4O2/c1-14-22(16-4-5-16)24-19-8-9-20(25-27(14)19)26-11-10-18(12-21(26)28)29-13-15-2-6-17(23)7-3-15/h2-3,6-12,16H,4-5,13H2,1H3. The Kier molecular flexibility index (Phi) is 4.16. The van der Waals surface area contributed by atoms with Crippen molar-refractivity contribution in [3.05, 3.63) is 87.9 Å². The van der Waals surface area contributed by atoms with Crippen molar-refractivity contribution in [3.63, 3.8) is 0 Å². The second-order valence-corrected chi connectivity index (χ2v) is 7.30. The molecule has 0 radical (unpaired) electrons. The molecule has 0 spiro atoms. The van der Waals surface area contributed by atoms with E-state index in [1.807, 2.05) is 13.0 Å². The van der Waals surface area contributed by atoms with Crippen LogP contribution in [0.1, 0.15) is 35.7 Å². The predicted octanol–water partition coefficient (Wildman–Crippen LogP) is 3.78. The lowest BCUT2D eigenvalue weighted by atomic mass is 10.2. The van der Waals surface area contributed by atoms with E-state index in [0.29, 0.717) is 17.5 Å². The highest BCUT2D eigenvalue weighted by molar-refractivity contribution is 5.45. The zero-order valence-electron chi connectivity index (χ0n) is 15.9. The van der Waals surface area contributed by atoms with E-state index >= 15 is 0 Å². The first kappa shape index (κ1) is 17.6. The fourth-order valence-electron chi connectivity index (χ4n) is 3.41. The first-order valence-corrected chi connectivity index (χ1v) is 9.55. The molecule has 7 heteroatoms. The molecule has 0 saturated heterocycles. The first-order valence-electron chi connectivity index (χ1n) is 9.55. The van der Waals surface area contributed by atoms with Crippen LogP contribution in [0.15, 0.2) is 59.5 Å². The minimum absolute atomic E-state index is 0.242. The number of fused-ring (bicyclic) bond motifs is 1. The molecule has 0 atom stereocenters. The van der Waals surface area contributed by atoms with Gasteiger partial charge in [0.15, 0.2) is 11.5 Å². The molecule has 1 saturated carbocycles. The van der Waals surface area contributed by atoms with Crippen molar-refractivity contribution in [2.75, 3.05) is 0 Å². The van der Waals surface area contributed by atoms with Gasteiger partial charge in [-0.3, -0.25) is 9.36 Å². The van der Waals surface area contributed by atoms with Crippen molar-refractivity contribution in [2.45, 2.75) is 32.3 Å². The third-order valence-electron chi connectivity index (χ3n) is 5.15. The largest absolute Gasteiger partial charge is 0.489 e. The summed E-state index contributed by atoms with van der Waals surface area (Å²) in [6.07, 6.45) is 4.00. The highest BCUT2D eigenvalue weighted by atomic mass is 19.1. The molecular weight excluding hydrogens is 371 g/mol. The van der Waals surface area contributed by atoms with Gasteiger partial charge in [0.1, 0.15) is 18.2 Å². The van der Waals surface area contributed by atoms with Gasteiger partial charge in [0, 0.05) is 18.2 Å². The second-order valence-electron chi connectivity index (χ2n) is 7.30. The average molecular weight is 390 g/mol. The quantitative estimate of drug-likeness (QED) is 0.520. The lowest BCUT2D eigenvalue weighted by Crippen LogP contribution is -2.18. The van der Waals surface area contributed by atoms with E-state index in [1.165, 1.54) is 35.6 Å². The lowest BCUT2D eigenvalue weighted by Gasteiger charge is -2.09. The number of imidazole rings is 1. The maximum absolute atomic E-state index is 13.0. The molecule has 4 aromatic rings. The molecule has 0 amide bonds. The van der Waals surface area contributed by atoms with E-state index in [0.717, 1.165) is 22.6 Å². The molecule has 1 fully saturated rings. The van der Waals surface area contributed by atoms with Crippen LogP contribution in [-0.2, 0) is 6.61 Å². The molecule has 0 unspecified atom stereocenters. The van der Waals surface area contributed by atoms with Crippen LogP contribution in [0.2, 0.25) is 0 Å². The third kappa shape index (κ3) is 3.40. The highest BCUT2D eigenvalue weighted by Crippen LogP contribution is 2.40. The predicted molar refractivity (Wildman–Crippen MR) is 106 cm³/mol. The molecule has 1 aromatic carbocycles. The van der Waals surface area contributed by atoms with Gasteiger partial charge in [0.05, 0.1) is 11.4 Å². The number of nitrogens with zero attached hydrogens (tertiary/aromatic N) is 4. The molecule has 29 heavy (non-hydrogen) atoms. The van der Waals surface area contributed by atoms with Gasteiger partial charge in [-0.05, 0) is 55.7 Å². The minimum atomic E-state index is -0.293. The molecule has 0 bridgehead atoms. The van der Waals surface area contributed by atoms with Crippen LogP contribution in [0, 0.1) is 12.7 Å². The van der Waals surface area contributed by atoms with Crippen molar-refractivity contribution >= 4 is 5.65 Å². The Morgan fingerprint density at radius 3 is 2.66 bits per heavy atom. The molecule has 146 valence electrons. The molecule has 1 aliphatic rings. The fourth-order valence-corrected chi connectivity index (χ4v) is 3.41. The Morgan fingerprint density at radius 2 is 1.93 bits per heavy atom. The number of rotatable bonds is 5. The summed E-state index contributed by atoms with van der Waals surface area (Å²) in [6, 6.07) is 12.9. The van der Waals surface area contributed by atoms with Crippen molar-refractivity contribution in [2.24, 2.45) is 0 Å². The van der Waals surface area contributed by atoms with E-state index in [9.17, 15) is 9.18 Å². The van der Waals surface area contributed by atoms with E-state index < -0.39 is 0 Å². The molecule has 3 aromatic heterocycles. The van der Waals surface area contributed by atoms with Crippen LogP contribution in [0.3, 0.4) is 0 Å². The number of halogens is 1. The number of pyridine rings is 1. The van der Waals surface area contributed by atoms with Gasteiger partial charge >= 0.3 is 0 Å². The van der Waals surface area contributed by atoms with Crippen LogP contribution in [-0.4, -0.2) is 19.2 Å². The number of hydrogen-bond acceptors (Lipinski definition) is 4. The van der Waals surface area contributed by atoms with Gasteiger partial charge in [0.25, 0.3) is 5.56 Å². The van der Waals surface area contributed by atoms with Crippen LogP contribution < -0.4 is 10.3 Å². The van der Waals surface area contributed by atoms with Crippen LogP contribution >= 0.6 is 0 Å². The number of hydrogen-bond donors (Lipinski definition) is 0. The Hall–Kier alpha value is -3.48. The summed E-state index contributed by atoms with van der Waals surface area (Å²) in [5.74, 6) is 1.22. The van der Waals surface area contributed by atoms with E-state index in [2.05, 4.69) is 10.1 Å². The summed E-state index contributed by atoms with van der Waals surface area (Å²) in [5, 5.41) is 4.61. The summed E-state index contributed by atoms with van der Waals surface area (Å²) in [7, 11) is 0. The van der Waals surface area contributed by atoms with Crippen molar-refractivity contribution < 1.29 is 9.13 Å².